The molecule has 2 heterocycles. The Bertz CT molecular complexity index is 401. The Morgan fingerprint density at radius 2 is 2.11 bits per heavy atom. The van der Waals surface area contributed by atoms with Crippen molar-refractivity contribution in [1.29, 1.82) is 0 Å². The minimum atomic E-state index is 0.166. The van der Waals surface area contributed by atoms with E-state index in [9.17, 15) is 0 Å². The van der Waals surface area contributed by atoms with Crippen molar-refractivity contribution >= 4 is 0 Å². The Morgan fingerprint density at radius 3 is 2.89 bits per heavy atom. The summed E-state index contributed by atoms with van der Waals surface area (Å²) in [6.07, 6.45) is 5.70. The van der Waals surface area contributed by atoms with E-state index < -0.39 is 0 Å². The molecule has 1 unspecified atom stereocenters. The van der Waals surface area contributed by atoms with Crippen LogP contribution in [0.15, 0.2) is 18.2 Å². The molecule has 1 atom stereocenters. The first kappa shape index (κ1) is 12.1. The quantitative estimate of drug-likeness (QED) is 0.802. The number of rotatable bonds is 2. The van der Waals surface area contributed by atoms with E-state index in [1.54, 1.807) is 0 Å². The van der Waals surface area contributed by atoms with Crippen LogP contribution in [0.5, 0.6) is 0 Å². The fourth-order valence-electron chi connectivity index (χ4n) is 3.19. The Hall–Kier alpha value is -0.930. The highest BCUT2D eigenvalue weighted by Crippen LogP contribution is 2.28. The summed E-state index contributed by atoms with van der Waals surface area (Å²) in [5.74, 6) is 0. The van der Waals surface area contributed by atoms with E-state index in [4.69, 9.17) is 4.74 Å². The Balaban J connectivity index is 1.69. The van der Waals surface area contributed by atoms with Crippen LogP contribution in [0, 0.1) is 6.92 Å². The number of hydrogen-bond donors (Lipinski definition) is 0. The molecule has 1 aromatic rings. The lowest BCUT2D eigenvalue weighted by Crippen LogP contribution is -2.43. The van der Waals surface area contributed by atoms with Gasteiger partial charge in [-0.3, -0.25) is 9.88 Å². The maximum absolute atomic E-state index is 5.90. The lowest BCUT2D eigenvalue weighted by Gasteiger charge is -2.36. The molecule has 3 rings (SSSR count). The van der Waals surface area contributed by atoms with Gasteiger partial charge in [-0.2, -0.15) is 0 Å². The molecular weight excluding hydrogens is 224 g/mol. The molecule has 1 aromatic heterocycles. The van der Waals surface area contributed by atoms with E-state index in [0.717, 1.165) is 37.1 Å². The summed E-state index contributed by atoms with van der Waals surface area (Å²) in [6.45, 7) is 4.99. The van der Waals surface area contributed by atoms with Gasteiger partial charge in [-0.25, -0.2) is 0 Å². The van der Waals surface area contributed by atoms with Crippen LogP contribution < -0.4 is 0 Å². The number of morpholine rings is 1. The molecule has 1 saturated heterocycles. The van der Waals surface area contributed by atoms with E-state index in [2.05, 4.69) is 22.0 Å². The zero-order valence-corrected chi connectivity index (χ0v) is 11.1. The standard InChI is InChI=1S/C15H22N2O/c1-12-5-4-8-14(16-12)15-11-17(9-10-18-15)13-6-2-3-7-13/h4-5,8,13,15H,2-3,6-7,9-11H2,1H3. The number of pyridine rings is 1. The van der Waals surface area contributed by atoms with Gasteiger partial charge in [0.15, 0.2) is 0 Å². The molecule has 2 fully saturated rings. The zero-order chi connectivity index (χ0) is 12.4. The first-order valence-electron chi connectivity index (χ1n) is 7.12. The van der Waals surface area contributed by atoms with Crippen LogP contribution in [-0.4, -0.2) is 35.6 Å². The monoisotopic (exact) mass is 246 g/mol. The molecule has 18 heavy (non-hydrogen) atoms. The van der Waals surface area contributed by atoms with Gasteiger partial charge in [-0.1, -0.05) is 18.9 Å². The van der Waals surface area contributed by atoms with Gasteiger partial charge in [0.2, 0.25) is 0 Å². The summed E-state index contributed by atoms with van der Waals surface area (Å²) in [5.41, 5.74) is 2.17. The van der Waals surface area contributed by atoms with Crippen LogP contribution in [0.4, 0.5) is 0 Å². The third kappa shape index (κ3) is 2.57. The van der Waals surface area contributed by atoms with E-state index in [1.807, 2.05) is 13.0 Å². The van der Waals surface area contributed by atoms with E-state index in [0.29, 0.717) is 0 Å². The summed E-state index contributed by atoms with van der Waals surface area (Å²) in [7, 11) is 0. The maximum Gasteiger partial charge on any atom is 0.112 e. The Kier molecular flexibility index (Phi) is 3.62. The third-order valence-electron chi connectivity index (χ3n) is 4.18. The summed E-state index contributed by atoms with van der Waals surface area (Å²) < 4.78 is 5.90. The molecule has 0 radical (unpaired) electrons. The van der Waals surface area contributed by atoms with Gasteiger partial charge in [0.05, 0.1) is 12.3 Å². The largest absolute Gasteiger partial charge is 0.369 e. The molecule has 1 aliphatic carbocycles. The second-order valence-electron chi connectivity index (χ2n) is 5.50. The highest BCUT2D eigenvalue weighted by Gasteiger charge is 2.29. The van der Waals surface area contributed by atoms with Crippen molar-refractivity contribution in [3.63, 3.8) is 0 Å². The van der Waals surface area contributed by atoms with Gasteiger partial charge in [-0.15, -0.1) is 0 Å². The number of nitrogens with zero attached hydrogens (tertiary/aromatic N) is 2. The number of aromatic nitrogens is 1. The number of hydrogen-bond acceptors (Lipinski definition) is 3. The predicted molar refractivity (Wildman–Crippen MR) is 71.5 cm³/mol. The summed E-state index contributed by atoms with van der Waals surface area (Å²) in [4.78, 5) is 7.22. The zero-order valence-electron chi connectivity index (χ0n) is 11.1. The van der Waals surface area contributed by atoms with Crippen molar-refractivity contribution in [2.24, 2.45) is 0 Å². The Labute approximate surface area is 109 Å². The molecule has 3 heteroatoms. The highest BCUT2D eigenvalue weighted by atomic mass is 16.5. The van der Waals surface area contributed by atoms with Crippen molar-refractivity contribution in [3.8, 4) is 0 Å². The molecule has 0 spiro atoms. The molecule has 3 nitrogen and oxygen atoms in total. The fourth-order valence-corrected chi connectivity index (χ4v) is 3.19. The van der Waals surface area contributed by atoms with E-state index in [1.165, 1.54) is 25.7 Å². The molecular formula is C15H22N2O. The molecule has 0 N–H and O–H groups in total. The fraction of sp³-hybridized carbons (Fsp3) is 0.667. The molecule has 2 aliphatic rings. The summed E-state index contributed by atoms with van der Waals surface area (Å²) >= 11 is 0. The van der Waals surface area contributed by atoms with Gasteiger partial charge in [0.25, 0.3) is 0 Å². The summed E-state index contributed by atoms with van der Waals surface area (Å²) in [6, 6.07) is 7.01. The van der Waals surface area contributed by atoms with Crippen LogP contribution in [0.25, 0.3) is 0 Å². The van der Waals surface area contributed by atoms with Gasteiger partial charge >= 0.3 is 0 Å². The molecule has 0 aromatic carbocycles. The minimum absolute atomic E-state index is 0.166. The van der Waals surface area contributed by atoms with Crippen molar-refractivity contribution < 1.29 is 4.74 Å². The Morgan fingerprint density at radius 1 is 1.28 bits per heavy atom. The van der Waals surface area contributed by atoms with E-state index in [-0.39, 0.29) is 6.10 Å². The van der Waals surface area contributed by atoms with Gasteiger partial charge in [-0.05, 0) is 31.9 Å². The molecule has 1 saturated carbocycles. The van der Waals surface area contributed by atoms with E-state index >= 15 is 0 Å². The van der Waals surface area contributed by atoms with Crippen molar-refractivity contribution in [3.05, 3.63) is 29.6 Å². The predicted octanol–water partition coefficient (Wildman–Crippen LogP) is 2.71. The molecule has 98 valence electrons. The highest BCUT2D eigenvalue weighted by molar-refractivity contribution is 5.13. The minimum Gasteiger partial charge on any atom is -0.369 e. The maximum atomic E-state index is 5.90. The SMILES string of the molecule is Cc1cccc(C2CN(C3CCCC3)CCO2)n1. The van der Waals surface area contributed by atoms with Gasteiger partial charge < -0.3 is 4.74 Å². The van der Waals surface area contributed by atoms with Gasteiger partial charge in [0.1, 0.15) is 6.10 Å². The summed E-state index contributed by atoms with van der Waals surface area (Å²) in [5, 5.41) is 0. The van der Waals surface area contributed by atoms with Crippen LogP contribution >= 0.6 is 0 Å². The topological polar surface area (TPSA) is 25.4 Å². The van der Waals surface area contributed by atoms with Crippen LogP contribution in [0.3, 0.4) is 0 Å². The van der Waals surface area contributed by atoms with Crippen molar-refractivity contribution in [1.82, 2.24) is 9.88 Å². The van der Waals surface area contributed by atoms with Crippen molar-refractivity contribution in [2.45, 2.75) is 44.8 Å². The third-order valence-corrected chi connectivity index (χ3v) is 4.18. The second-order valence-corrected chi connectivity index (χ2v) is 5.50. The number of ether oxygens (including phenoxy) is 1. The molecule has 0 amide bonds. The number of aryl methyl sites for hydroxylation is 1. The average molecular weight is 246 g/mol. The first-order chi connectivity index (χ1) is 8.83. The van der Waals surface area contributed by atoms with Crippen molar-refractivity contribution in [2.75, 3.05) is 19.7 Å². The van der Waals surface area contributed by atoms with Gasteiger partial charge in [0, 0.05) is 24.8 Å². The lowest BCUT2D eigenvalue weighted by molar-refractivity contribution is -0.0460. The first-order valence-corrected chi connectivity index (χ1v) is 7.12. The molecule has 1 aliphatic heterocycles. The molecule has 0 bridgehead atoms. The van der Waals surface area contributed by atoms with Crippen LogP contribution in [-0.2, 0) is 4.74 Å². The lowest BCUT2D eigenvalue weighted by atomic mass is 10.1. The normalized spacial score (nSPS) is 26.6. The average Bonchev–Trinajstić information content (AvgIpc) is 2.93. The second kappa shape index (κ2) is 5.37. The smallest absolute Gasteiger partial charge is 0.112 e. The van der Waals surface area contributed by atoms with Crippen LogP contribution in [0.1, 0.15) is 43.2 Å². The van der Waals surface area contributed by atoms with Crippen LogP contribution in [0.2, 0.25) is 0 Å².